The molecule has 1 heterocycles. The van der Waals surface area contributed by atoms with Crippen LogP contribution in [0.3, 0.4) is 0 Å². The number of nitrogens with two attached hydrogens (primary N) is 1. The van der Waals surface area contributed by atoms with Crippen molar-refractivity contribution in [2.24, 2.45) is 5.73 Å². The van der Waals surface area contributed by atoms with Gasteiger partial charge in [-0.1, -0.05) is 12.1 Å². The third-order valence-electron chi connectivity index (χ3n) is 5.15. The minimum absolute atomic E-state index is 0.0550. The van der Waals surface area contributed by atoms with Crippen LogP contribution in [-0.2, 0) is 20.7 Å². The van der Waals surface area contributed by atoms with Crippen LogP contribution in [0.25, 0.3) is 0 Å². The molecule has 0 aromatic heterocycles. The maximum Gasteiger partial charge on any atom is 0.414 e. The van der Waals surface area contributed by atoms with Crippen molar-refractivity contribution in [3.05, 3.63) is 59.7 Å². The van der Waals surface area contributed by atoms with Crippen molar-refractivity contribution in [1.29, 1.82) is 5.41 Å². The second kappa shape index (κ2) is 11.0. The number of nitrogen functional groups attached to an aromatic ring is 1. The van der Waals surface area contributed by atoms with Crippen molar-refractivity contribution in [3.8, 4) is 5.75 Å². The van der Waals surface area contributed by atoms with Crippen LogP contribution in [0.1, 0.15) is 31.9 Å². The van der Waals surface area contributed by atoms with Gasteiger partial charge in [-0.2, -0.15) is 0 Å². The van der Waals surface area contributed by atoms with Gasteiger partial charge in [-0.05, 0) is 62.7 Å². The van der Waals surface area contributed by atoms with E-state index in [-0.39, 0.29) is 18.9 Å². The lowest BCUT2D eigenvalue weighted by Crippen LogP contribution is -2.44. The number of nitrogens with one attached hydrogen (secondary N) is 2. The monoisotopic (exact) mass is 498 g/mol. The van der Waals surface area contributed by atoms with Crippen molar-refractivity contribution in [3.63, 3.8) is 0 Å². The van der Waals surface area contributed by atoms with Gasteiger partial charge in [0.25, 0.3) is 0 Å². The summed E-state index contributed by atoms with van der Waals surface area (Å²) >= 11 is 0. The lowest BCUT2D eigenvalue weighted by molar-refractivity contribution is -0.139. The molecular formula is C25H30N4O7. The third-order valence-corrected chi connectivity index (χ3v) is 5.15. The highest BCUT2D eigenvalue weighted by Gasteiger charge is 2.33. The van der Waals surface area contributed by atoms with Crippen molar-refractivity contribution in [2.75, 3.05) is 18.1 Å². The maximum absolute atomic E-state index is 12.3. The Kier molecular flexibility index (Phi) is 8.03. The largest absolute Gasteiger partial charge is 0.490 e. The number of carbonyl (C=O) groups is 3. The van der Waals surface area contributed by atoms with Gasteiger partial charge in [-0.25, -0.2) is 14.4 Å². The van der Waals surface area contributed by atoms with Crippen LogP contribution >= 0.6 is 0 Å². The summed E-state index contributed by atoms with van der Waals surface area (Å²) < 4.78 is 16.3. The highest BCUT2D eigenvalue weighted by atomic mass is 16.6. The SMILES string of the molecule is CC(C)(C)OC(=O)NC(Cc1ccc(OCC2CN(c3ccc(C(=N)N)cc3)C(=O)O2)cc1)C(=O)O. The van der Waals surface area contributed by atoms with E-state index in [1.807, 2.05) is 0 Å². The van der Waals surface area contributed by atoms with E-state index in [0.717, 1.165) is 0 Å². The molecule has 0 spiro atoms. The molecule has 0 saturated carbocycles. The van der Waals surface area contributed by atoms with Crippen molar-refractivity contribution >= 4 is 29.7 Å². The first-order valence-corrected chi connectivity index (χ1v) is 11.3. The molecule has 2 aromatic carbocycles. The van der Waals surface area contributed by atoms with E-state index in [1.54, 1.807) is 69.3 Å². The van der Waals surface area contributed by atoms with Gasteiger partial charge in [0.2, 0.25) is 0 Å². The smallest absolute Gasteiger partial charge is 0.414 e. The van der Waals surface area contributed by atoms with Crippen LogP contribution in [0, 0.1) is 5.41 Å². The number of anilines is 1. The number of nitrogens with zero attached hydrogens (tertiary/aromatic N) is 1. The Morgan fingerprint density at radius 1 is 1.19 bits per heavy atom. The summed E-state index contributed by atoms with van der Waals surface area (Å²) in [4.78, 5) is 37.2. The average molecular weight is 499 g/mol. The standard InChI is InChI=1S/C25H30N4O7/c1-25(2,3)36-23(32)28-20(22(30)31)12-15-4-10-18(11-5-15)34-14-19-13-29(24(33)35-19)17-8-6-16(7-9-17)21(26)27/h4-11,19-20H,12-14H2,1-3H3,(H3,26,27)(H,28,32)(H,30,31). The number of ether oxygens (including phenoxy) is 3. The molecule has 1 saturated heterocycles. The Labute approximate surface area is 208 Å². The molecule has 36 heavy (non-hydrogen) atoms. The number of aliphatic carboxylic acids is 1. The Bertz CT molecular complexity index is 1110. The minimum Gasteiger partial charge on any atom is -0.490 e. The van der Waals surface area contributed by atoms with Gasteiger partial charge >= 0.3 is 18.2 Å². The van der Waals surface area contributed by atoms with E-state index < -0.39 is 35.9 Å². The van der Waals surface area contributed by atoms with Gasteiger partial charge in [-0.15, -0.1) is 0 Å². The summed E-state index contributed by atoms with van der Waals surface area (Å²) in [5.41, 5.74) is 6.59. The van der Waals surface area contributed by atoms with E-state index in [9.17, 15) is 19.5 Å². The third kappa shape index (κ3) is 7.36. The van der Waals surface area contributed by atoms with Crippen molar-refractivity contribution in [1.82, 2.24) is 5.32 Å². The van der Waals surface area contributed by atoms with Crippen LogP contribution in [0.4, 0.5) is 15.3 Å². The number of benzene rings is 2. The molecule has 192 valence electrons. The van der Waals surface area contributed by atoms with Gasteiger partial charge in [0.1, 0.15) is 29.8 Å². The Morgan fingerprint density at radius 2 is 1.83 bits per heavy atom. The van der Waals surface area contributed by atoms with Crippen molar-refractivity contribution in [2.45, 2.75) is 44.9 Å². The summed E-state index contributed by atoms with van der Waals surface area (Å²) in [7, 11) is 0. The zero-order valence-electron chi connectivity index (χ0n) is 20.3. The normalized spacial score (nSPS) is 16.1. The fraction of sp³-hybridized carbons (Fsp3) is 0.360. The molecule has 0 aliphatic carbocycles. The average Bonchev–Trinajstić information content (AvgIpc) is 3.17. The molecule has 2 aromatic rings. The van der Waals surface area contributed by atoms with E-state index in [2.05, 4.69) is 5.32 Å². The number of cyclic esters (lactones) is 1. The molecular weight excluding hydrogens is 468 g/mol. The van der Waals surface area contributed by atoms with Gasteiger partial charge < -0.3 is 30.4 Å². The summed E-state index contributed by atoms with van der Waals surface area (Å²) in [6, 6.07) is 12.3. The highest BCUT2D eigenvalue weighted by molar-refractivity contribution is 5.96. The van der Waals surface area contributed by atoms with E-state index in [1.165, 1.54) is 4.90 Å². The fourth-order valence-corrected chi connectivity index (χ4v) is 3.44. The predicted octanol–water partition coefficient (Wildman–Crippen LogP) is 2.90. The number of hydrogen-bond donors (Lipinski definition) is 4. The predicted molar refractivity (Wildman–Crippen MR) is 132 cm³/mol. The zero-order chi connectivity index (χ0) is 26.5. The molecule has 2 atom stereocenters. The van der Waals surface area contributed by atoms with Gasteiger partial charge in [0.15, 0.2) is 6.10 Å². The molecule has 11 heteroatoms. The molecule has 0 bridgehead atoms. The highest BCUT2D eigenvalue weighted by Crippen LogP contribution is 2.23. The maximum atomic E-state index is 12.3. The fourth-order valence-electron chi connectivity index (χ4n) is 3.44. The van der Waals surface area contributed by atoms with Crippen LogP contribution in [0.2, 0.25) is 0 Å². The van der Waals surface area contributed by atoms with E-state index >= 15 is 0 Å². The topological polar surface area (TPSA) is 164 Å². The number of carbonyl (C=O) groups excluding carboxylic acids is 2. The first kappa shape index (κ1) is 26.3. The molecule has 5 N–H and O–H groups in total. The number of rotatable bonds is 9. The van der Waals surface area contributed by atoms with Crippen LogP contribution in [0.5, 0.6) is 5.75 Å². The van der Waals surface area contributed by atoms with Gasteiger partial charge in [0, 0.05) is 17.7 Å². The molecule has 3 rings (SSSR count). The first-order chi connectivity index (χ1) is 16.9. The second-order valence-electron chi connectivity index (χ2n) is 9.27. The first-order valence-electron chi connectivity index (χ1n) is 11.3. The van der Waals surface area contributed by atoms with Crippen LogP contribution in [0.15, 0.2) is 48.5 Å². The zero-order valence-corrected chi connectivity index (χ0v) is 20.3. The number of amides is 2. The lowest BCUT2D eigenvalue weighted by atomic mass is 10.1. The molecule has 1 fully saturated rings. The second-order valence-corrected chi connectivity index (χ2v) is 9.27. The molecule has 1 aliphatic heterocycles. The summed E-state index contributed by atoms with van der Waals surface area (Å²) in [5.74, 6) is -0.712. The van der Waals surface area contributed by atoms with Gasteiger partial charge in [-0.3, -0.25) is 10.3 Å². The molecule has 2 amide bonds. The Balaban J connectivity index is 1.52. The van der Waals surface area contributed by atoms with Crippen LogP contribution in [-0.4, -0.2) is 60.0 Å². The van der Waals surface area contributed by atoms with Gasteiger partial charge in [0.05, 0.1) is 6.54 Å². The number of carboxylic acid groups (broad SMARTS) is 1. The molecule has 0 radical (unpaired) electrons. The molecule has 11 nitrogen and oxygen atoms in total. The van der Waals surface area contributed by atoms with Crippen molar-refractivity contribution < 1.29 is 33.7 Å². The number of alkyl carbamates (subject to hydrolysis) is 1. The van der Waals surface area contributed by atoms with E-state index in [4.69, 9.17) is 25.4 Å². The summed E-state index contributed by atoms with van der Waals surface area (Å²) in [6.45, 7) is 5.51. The quantitative estimate of drug-likeness (QED) is 0.303. The number of carboxylic acids is 1. The summed E-state index contributed by atoms with van der Waals surface area (Å²) in [6.07, 6.45) is -1.72. The lowest BCUT2D eigenvalue weighted by Gasteiger charge is -2.22. The number of hydrogen-bond acceptors (Lipinski definition) is 7. The minimum atomic E-state index is -1.18. The summed E-state index contributed by atoms with van der Waals surface area (Å²) in [5, 5.41) is 19.3. The molecule has 1 aliphatic rings. The Morgan fingerprint density at radius 3 is 2.39 bits per heavy atom. The molecule has 2 unspecified atom stereocenters. The number of amidine groups is 1. The van der Waals surface area contributed by atoms with E-state index in [0.29, 0.717) is 29.1 Å². The van der Waals surface area contributed by atoms with Crippen LogP contribution < -0.4 is 20.7 Å². The Hall–Kier alpha value is -4.28.